The highest BCUT2D eigenvalue weighted by molar-refractivity contribution is 5.52. The van der Waals surface area contributed by atoms with E-state index in [1.807, 2.05) is 36.4 Å². The van der Waals surface area contributed by atoms with Gasteiger partial charge in [0, 0.05) is 24.4 Å². The summed E-state index contributed by atoms with van der Waals surface area (Å²) >= 11 is 0. The number of ether oxygens (including phenoxy) is 1. The Bertz CT molecular complexity index is 693. The second-order valence-corrected chi connectivity index (χ2v) is 4.60. The summed E-state index contributed by atoms with van der Waals surface area (Å²) in [5.41, 5.74) is 2.11. The maximum atomic E-state index is 5.28. The molecule has 0 aliphatic heterocycles. The zero-order valence-electron chi connectivity index (χ0n) is 11.7. The van der Waals surface area contributed by atoms with Crippen molar-refractivity contribution in [1.82, 2.24) is 15.1 Å². The van der Waals surface area contributed by atoms with Crippen molar-refractivity contribution in [2.75, 3.05) is 7.11 Å². The Balaban J connectivity index is 1.64. The van der Waals surface area contributed by atoms with E-state index in [2.05, 4.69) is 15.1 Å². The normalized spacial score (nSPS) is 10.5. The fourth-order valence-electron chi connectivity index (χ4n) is 2.02. The summed E-state index contributed by atoms with van der Waals surface area (Å²) in [5, 5.41) is 3.99. The molecule has 3 rings (SSSR count). The third-order valence-corrected chi connectivity index (χ3v) is 3.19. The van der Waals surface area contributed by atoms with Crippen molar-refractivity contribution in [3.05, 3.63) is 60.2 Å². The van der Waals surface area contributed by atoms with Gasteiger partial charge in [-0.05, 0) is 36.2 Å². The summed E-state index contributed by atoms with van der Waals surface area (Å²) in [7, 11) is 1.66. The standard InChI is InChI=1S/C16H15N3O2/c1-20-14-5-2-12(3-6-14)4-7-15-18-16(19-21-15)13-8-10-17-11-9-13/h2-3,5-6,8-11H,4,7H2,1H3. The average molecular weight is 281 g/mol. The quantitative estimate of drug-likeness (QED) is 0.719. The van der Waals surface area contributed by atoms with Gasteiger partial charge in [0.05, 0.1) is 7.11 Å². The van der Waals surface area contributed by atoms with Crippen LogP contribution in [0.25, 0.3) is 11.4 Å². The van der Waals surface area contributed by atoms with Gasteiger partial charge in [0.2, 0.25) is 11.7 Å². The fraction of sp³-hybridized carbons (Fsp3) is 0.188. The lowest BCUT2D eigenvalue weighted by atomic mass is 10.1. The molecule has 5 heteroatoms. The van der Waals surface area contributed by atoms with Gasteiger partial charge < -0.3 is 9.26 Å². The molecule has 0 saturated heterocycles. The molecule has 2 aromatic heterocycles. The Kier molecular flexibility index (Phi) is 3.91. The molecule has 0 aliphatic carbocycles. The van der Waals surface area contributed by atoms with Crippen molar-refractivity contribution in [3.8, 4) is 17.1 Å². The lowest BCUT2D eigenvalue weighted by Gasteiger charge is -2.01. The van der Waals surface area contributed by atoms with E-state index in [4.69, 9.17) is 9.26 Å². The first-order valence-electron chi connectivity index (χ1n) is 6.71. The minimum Gasteiger partial charge on any atom is -0.497 e. The van der Waals surface area contributed by atoms with Crippen LogP contribution in [0.15, 0.2) is 53.3 Å². The van der Waals surface area contributed by atoms with E-state index in [9.17, 15) is 0 Å². The molecule has 0 amide bonds. The molecule has 3 aromatic rings. The maximum absolute atomic E-state index is 5.28. The van der Waals surface area contributed by atoms with Gasteiger partial charge in [-0.1, -0.05) is 17.3 Å². The number of hydrogen-bond acceptors (Lipinski definition) is 5. The highest BCUT2D eigenvalue weighted by Gasteiger charge is 2.08. The van der Waals surface area contributed by atoms with Crippen molar-refractivity contribution in [2.45, 2.75) is 12.8 Å². The summed E-state index contributed by atoms with van der Waals surface area (Å²) in [4.78, 5) is 8.37. The van der Waals surface area contributed by atoms with Gasteiger partial charge in [0.15, 0.2) is 0 Å². The Labute approximate surface area is 122 Å². The zero-order valence-corrected chi connectivity index (χ0v) is 11.7. The van der Waals surface area contributed by atoms with E-state index in [0.29, 0.717) is 18.1 Å². The lowest BCUT2D eigenvalue weighted by Crippen LogP contribution is -1.92. The van der Waals surface area contributed by atoms with Crippen molar-refractivity contribution >= 4 is 0 Å². The van der Waals surface area contributed by atoms with E-state index < -0.39 is 0 Å². The molecule has 0 saturated carbocycles. The fourth-order valence-corrected chi connectivity index (χ4v) is 2.02. The number of nitrogens with zero attached hydrogens (tertiary/aromatic N) is 3. The summed E-state index contributed by atoms with van der Waals surface area (Å²) in [6.07, 6.45) is 4.98. The molecule has 0 radical (unpaired) electrons. The topological polar surface area (TPSA) is 61.0 Å². The van der Waals surface area contributed by atoms with Crippen LogP contribution < -0.4 is 4.74 Å². The molecule has 2 heterocycles. The second kappa shape index (κ2) is 6.17. The predicted octanol–water partition coefficient (Wildman–Crippen LogP) is 2.93. The van der Waals surface area contributed by atoms with Crippen molar-refractivity contribution < 1.29 is 9.26 Å². The molecule has 0 aliphatic rings. The number of rotatable bonds is 5. The molecule has 0 fully saturated rings. The van der Waals surface area contributed by atoms with Crippen molar-refractivity contribution in [1.29, 1.82) is 0 Å². The Morgan fingerprint density at radius 1 is 1.00 bits per heavy atom. The first-order valence-corrected chi connectivity index (χ1v) is 6.71. The van der Waals surface area contributed by atoms with E-state index in [1.54, 1.807) is 19.5 Å². The SMILES string of the molecule is COc1ccc(CCc2nc(-c3ccncc3)no2)cc1. The molecule has 0 atom stereocenters. The zero-order chi connectivity index (χ0) is 14.5. The van der Waals surface area contributed by atoms with E-state index in [0.717, 1.165) is 17.7 Å². The van der Waals surface area contributed by atoms with Gasteiger partial charge in [-0.25, -0.2) is 0 Å². The molecule has 0 spiro atoms. The van der Waals surface area contributed by atoms with Crippen LogP contribution >= 0.6 is 0 Å². The molecule has 5 nitrogen and oxygen atoms in total. The third-order valence-electron chi connectivity index (χ3n) is 3.19. The van der Waals surface area contributed by atoms with Crippen LogP contribution in [-0.4, -0.2) is 22.2 Å². The summed E-state index contributed by atoms with van der Waals surface area (Å²) in [6, 6.07) is 11.7. The van der Waals surface area contributed by atoms with E-state index >= 15 is 0 Å². The lowest BCUT2D eigenvalue weighted by molar-refractivity contribution is 0.379. The summed E-state index contributed by atoms with van der Waals surface area (Å²) in [6.45, 7) is 0. The highest BCUT2D eigenvalue weighted by atomic mass is 16.5. The minimum absolute atomic E-state index is 0.599. The molecule has 106 valence electrons. The van der Waals surface area contributed by atoms with Gasteiger partial charge in [0.25, 0.3) is 0 Å². The molecule has 21 heavy (non-hydrogen) atoms. The molecular weight excluding hydrogens is 266 g/mol. The Morgan fingerprint density at radius 3 is 2.48 bits per heavy atom. The maximum Gasteiger partial charge on any atom is 0.227 e. The number of aryl methyl sites for hydroxylation is 2. The third kappa shape index (κ3) is 3.25. The van der Waals surface area contributed by atoms with Gasteiger partial charge >= 0.3 is 0 Å². The number of aromatic nitrogens is 3. The summed E-state index contributed by atoms with van der Waals surface area (Å²) < 4.78 is 10.4. The number of hydrogen-bond donors (Lipinski definition) is 0. The Morgan fingerprint density at radius 2 is 1.76 bits per heavy atom. The predicted molar refractivity (Wildman–Crippen MR) is 77.9 cm³/mol. The van der Waals surface area contributed by atoms with Crippen LogP contribution in [0.5, 0.6) is 5.75 Å². The minimum atomic E-state index is 0.599. The van der Waals surface area contributed by atoms with Crippen LogP contribution in [0.3, 0.4) is 0 Å². The monoisotopic (exact) mass is 281 g/mol. The highest BCUT2D eigenvalue weighted by Crippen LogP contribution is 2.16. The van der Waals surface area contributed by atoms with E-state index in [-0.39, 0.29) is 0 Å². The smallest absolute Gasteiger partial charge is 0.227 e. The first kappa shape index (κ1) is 13.3. The Hall–Kier alpha value is -2.69. The molecule has 0 bridgehead atoms. The largest absolute Gasteiger partial charge is 0.497 e. The van der Waals surface area contributed by atoms with E-state index in [1.165, 1.54) is 5.56 Å². The van der Waals surface area contributed by atoms with Crippen molar-refractivity contribution in [2.24, 2.45) is 0 Å². The molecule has 0 unspecified atom stereocenters. The molecule has 0 N–H and O–H groups in total. The van der Waals surface area contributed by atoms with Crippen LogP contribution in [0.4, 0.5) is 0 Å². The molecular formula is C16H15N3O2. The van der Waals surface area contributed by atoms with Crippen LogP contribution in [0.2, 0.25) is 0 Å². The van der Waals surface area contributed by atoms with Gasteiger partial charge in [-0.2, -0.15) is 4.98 Å². The number of methoxy groups -OCH3 is 1. The summed E-state index contributed by atoms with van der Waals surface area (Å²) in [5.74, 6) is 2.09. The van der Waals surface area contributed by atoms with Crippen LogP contribution in [-0.2, 0) is 12.8 Å². The van der Waals surface area contributed by atoms with Crippen LogP contribution in [0, 0.1) is 0 Å². The first-order chi connectivity index (χ1) is 10.3. The van der Waals surface area contributed by atoms with Gasteiger partial charge in [-0.3, -0.25) is 4.98 Å². The van der Waals surface area contributed by atoms with Crippen molar-refractivity contribution in [3.63, 3.8) is 0 Å². The molecule has 1 aromatic carbocycles. The van der Waals surface area contributed by atoms with Gasteiger partial charge in [0.1, 0.15) is 5.75 Å². The van der Waals surface area contributed by atoms with Gasteiger partial charge in [-0.15, -0.1) is 0 Å². The second-order valence-electron chi connectivity index (χ2n) is 4.60. The average Bonchev–Trinajstić information content (AvgIpc) is 3.03. The number of pyridine rings is 1. The number of benzene rings is 1. The van der Waals surface area contributed by atoms with Crippen LogP contribution in [0.1, 0.15) is 11.5 Å².